The van der Waals surface area contributed by atoms with Gasteiger partial charge in [0.2, 0.25) is 0 Å². The van der Waals surface area contributed by atoms with Crippen LogP contribution in [0.3, 0.4) is 0 Å². The zero-order chi connectivity index (χ0) is 12.4. The molecule has 1 saturated heterocycles. The molecular weight excluding hydrogens is 222 g/mol. The molecule has 1 aromatic heterocycles. The molecule has 1 aliphatic heterocycles. The minimum atomic E-state index is -0.387. The fourth-order valence-electron chi connectivity index (χ4n) is 2.13. The number of nitrogen functional groups attached to an aromatic ring is 1. The highest BCUT2D eigenvalue weighted by Crippen LogP contribution is 2.30. The number of hydrogen-bond acceptors (Lipinski definition) is 5. The van der Waals surface area contributed by atoms with Crippen LogP contribution in [0, 0.1) is 0 Å². The van der Waals surface area contributed by atoms with Crippen molar-refractivity contribution in [2.24, 2.45) is 0 Å². The van der Waals surface area contributed by atoms with Crippen molar-refractivity contribution in [3.8, 4) is 0 Å². The number of methoxy groups -OCH3 is 1. The molecular formula is C11H17N3O3. The van der Waals surface area contributed by atoms with Gasteiger partial charge < -0.3 is 15.2 Å². The zero-order valence-electron chi connectivity index (χ0n) is 10.00. The first-order chi connectivity index (χ1) is 8.15. The Morgan fingerprint density at radius 3 is 3.00 bits per heavy atom. The fraction of sp³-hybridized carbons (Fsp3) is 0.636. The second kappa shape index (κ2) is 4.85. The molecule has 0 aliphatic carbocycles. The molecule has 17 heavy (non-hydrogen) atoms. The molecule has 94 valence electrons. The summed E-state index contributed by atoms with van der Waals surface area (Å²) in [5.41, 5.74) is 5.06. The van der Waals surface area contributed by atoms with Crippen molar-refractivity contribution in [2.75, 3.05) is 12.8 Å². The van der Waals surface area contributed by atoms with Crippen LogP contribution in [-0.2, 0) is 9.47 Å². The molecule has 2 rings (SSSR count). The van der Waals surface area contributed by atoms with E-state index in [4.69, 9.17) is 15.2 Å². The molecule has 2 heterocycles. The molecule has 0 bridgehead atoms. The van der Waals surface area contributed by atoms with Gasteiger partial charge in [0.25, 0.3) is 0 Å². The topological polar surface area (TPSA) is 79.4 Å². The number of rotatable bonds is 3. The Morgan fingerprint density at radius 2 is 2.47 bits per heavy atom. The lowest BCUT2D eigenvalue weighted by Crippen LogP contribution is -2.27. The molecule has 1 aliphatic rings. The summed E-state index contributed by atoms with van der Waals surface area (Å²) in [5, 5.41) is 0. The molecule has 1 fully saturated rings. The van der Waals surface area contributed by atoms with Crippen LogP contribution in [0.2, 0.25) is 0 Å². The van der Waals surface area contributed by atoms with Crippen molar-refractivity contribution in [3.63, 3.8) is 0 Å². The first-order valence-electron chi connectivity index (χ1n) is 5.68. The highest BCUT2D eigenvalue weighted by molar-refractivity contribution is 5.23. The third-order valence-corrected chi connectivity index (χ3v) is 3.05. The molecule has 0 spiro atoms. The van der Waals surface area contributed by atoms with Gasteiger partial charge in [-0.2, -0.15) is 4.98 Å². The average molecular weight is 239 g/mol. The van der Waals surface area contributed by atoms with Gasteiger partial charge in [-0.3, -0.25) is 4.57 Å². The second-order valence-corrected chi connectivity index (χ2v) is 4.09. The van der Waals surface area contributed by atoms with Crippen molar-refractivity contribution in [1.82, 2.24) is 9.55 Å². The summed E-state index contributed by atoms with van der Waals surface area (Å²) in [5.74, 6) is 0.222. The van der Waals surface area contributed by atoms with Gasteiger partial charge in [0.05, 0.1) is 12.2 Å². The molecule has 3 atom stereocenters. The lowest BCUT2D eigenvalue weighted by atomic mass is 10.1. The van der Waals surface area contributed by atoms with Crippen molar-refractivity contribution < 1.29 is 9.47 Å². The van der Waals surface area contributed by atoms with Gasteiger partial charge in [-0.25, -0.2) is 4.79 Å². The van der Waals surface area contributed by atoms with Gasteiger partial charge in [0, 0.05) is 19.7 Å². The van der Waals surface area contributed by atoms with E-state index in [9.17, 15) is 4.79 Å². The van der Waals surface area contributed by atoms with Crippen LogP contribution in [0.5, 0.6) is 0 Å². The van der Waals surface area contributed by atoms with Gasteiger partial charge in [-0.05, 0) is 12.5 Å². The van der Waals surface area contributed by atoms with Gasteiger partial charge in [-0.1, -0.05) is 6.92 Å². The Hall–Kier alpha value is -1.40. The van der Waals surface area contributed by atoms with Crippen LogP contribution < -0.4 is 11.4 Å². The van der Waals surface area contributed by atoms with Gasteiger partial charge in [0.1, 0.15) is 12.0 Å². The summed E-state index contributed by atoms with van der Waals surface area (Å²) in [6.45, 7) is 2.03. The largest absolute Gasteiger partial charge is 0.383 e. The van der Waals surface area contributed by atoms with Crippen molar-refractivity contribution in [1.29, 1.82) is 0 Å². The third kappa shape index (κ3) is 2.32. The number of ether oxygens (including phenoxy) is 2. The molecule has 1 unspecified atom stereocenters. The molecule has 0 saturated carbocycles. The number of aromatic nitrogens is 2. The monoisotopic (exact) mass is 239 g/mol. The van der Waals surface area contributed by atoms with Crippen molar-refractivity contribution in [3.05, 3.63) is 22.7 Å². The number of nitrogens with two attached hydrogens (primary N) is 1. The van der Waals surface area contributed by atoms with Crippen molar-refractivity contribution in [2.45, 2.75) is 38.2 Å². The fourth-order valence-corrected chi connectivity index (χ4v) is 2.13. The molecule has 6 heteroatoms. The number of nitrogens with zero attached hydrogens (tertiary/aromatic N) is 2. The van der Waals surface area contributed by atoms with E-state index in [1.54, 1.807) is 19.4 Å². The van der Waals surface area contributed by atoms with E-state index in [2.05, 4.69) is 4.98 Å². The van der Waals surface area contributed by atoms with Crippen molar-refractivity contribution >= 4 is 5.82 Å². The minimum absolute atomic E-state index is 0.0226. The lowest BCUT2D eigenvalue weighted by Gasteiger charge is -2.15. The molecule has 6 nitrogen and oxygen atoms in total. The maximum atomic E-state index is 11.7. The lowest BCUT2D eigenvalue weighted by molar-refractivity contribution is -0.0301. The maximum absolute atomic E-state index is 11.7. The predicted molar refractivity (Wildman–Crippen MR) is 62.5 cm³/mol. The van der Waals surface area contributed by atoms with Crippen LogP contribution in [0.25, 0.3) is 0 Å². The first kappa shape index (κ1) is 12.1. The quantitative estimate of drug-likeness (QED) is 0.832. The third-order valence-electron chi connectivity index (χ3n) is 3.05. The van der Waals surface area contributed by atoms with Crippen LogP contribution in [0.15, 0.2) is 17.1 Å². The SMILES string of the molecule is CC[C@H]1O[C@@H](n2ccc(N)nc2=O)CC1OC. The van der Waals surface area contributed by atoms with E-state index < -0.39 is 0 Å². The Balaban J connectivity index is 2.22. The average Bonchev–Trinajstić information content (AvgIpc) is 2.72. The zero-order valence-corrected chi connectivity index (χ0v) is 10.00. The van der Waals surface area contributed by atoms with E-state index in [-0.39, 0.29) is 29.9 Å². The highest BCUT2D eigenvalue weighted by Gasteiger charge is 2.35. The first-order valence-corrected chi connectivity index (χ1v) is 5.68. The molecule has 0 radical (unpaired) electrons. The number of anilines is 1. The summed E-state index contributed by atoms with van der Waals surface area (Å²) >= 11 is 0. The van der Waals surface area contributed by atoms with E-state index in [0.717, 1.165) is 6.42 Å². The summed E-state index contributed by atoms with van der Waals surface area (Å²) in [7, 11) is 1.66. The van der Waals surface area contributed by atoms with E-state index in [1.807, 2.05) is 6.92 Å². The van der Waals surface area contributed by atoms with E-state index in [1.165, 1.54) is 4.57 Å². The second-order valence-electron chi connectivity index (χ2n) is 4.09. The molecule has 0 amide bonds. The standard InChI is InChI=1S/C11H17N3O3/c1-3-7-8(16-2)6-10(17-7)14-5-4-9(12)13-11(14)15/h4-5,7-8,10H,3,6H2,1-2H3,(H2,12,13,15)/t7-,8?,10-/m1/s1. The minimum Gasteiger partial charge on any atom is -0.383 e. The maximum Gasteiger partial charge on any atom is 0.351 e. The van der Waals surface area contributed by atoms with Gasteiger partial charge in [-0.15, -0.1) is 0 Å². The highest BCUT2D eigenvalue weighted by atomic mass is 16.6. The van der Waals surface area contributed by atoms with Crippen LogP contribution in [0.1, 0.15) is 26.0 Å². The Labute approximate surface area is 99.4 Å². The van der Waals surface area contributed by atoms with E-state index in [0.29, 0.717) is 6.42 Å². The van der Waals surface area contributed by atoms with Gasteiger partial charge >= 0.3 is 5.69 Å². The normalized spacial score (nSPS) is 28.5. The van der Waals surface area contributed by atoms with Crippen LogP contribution in [-0.4, -0.2) is 28.9 Å². The van der Waals surface area contributed by atoms with Crippen LogP contribution >= 0.6 is 0 Å². The Kier molecular flexibility index (Phi) is 3.44. The molecule has 2 N–H and O–H groups in total. The van der Waals surface area contributed by atoms with Crippen LogP contribution in [0.4, 0.5) is 5.82 Å². The molecule has 1 aromatic rings. The van der Waals surface area contributed by atoms with E-state index >= 15 is 0 Å². The summed E-state index contributed by atoms with van der Waals surface area (Å²) in [6, 6.07) is 1.59. The summed E-state index contributed by atoms with van der Waals surface area (Å²) in [6.07, 6.45) is 2.85. The summed E-state index contributed by atoms with van der Waals surface area (Å²) < 4.78 is 12.6. The Morgan fingerprint density at radius 1 is 1.71 bits per heavy atom. The predicted octanol–water partition coefficient (Wildman–Crippen LogP) is 0.538. The summed E-state index contributed by atoms with van der Waals surface area (Å²) in [4.78, 5) is 15.4. The number of hydrogen-bond donors (Lipinski definition) is 1. The molecule has 0 aromatic carbocycles. The Bertz CT molecular complexity index is 434. The van der Waals surface area contributed by atoms with Gasteiger partial charge in [0.15, 0.2) is 0 Å². The smallest absolute Gasteiger partial charge is 0.351 e.